The Kier molecular flexibility index (Phi) is 5.48. The van der Waals surface area contributed by atoms with E-state index in [-0.39, 0.29) is 5.91 Å². The third-order valence-corrected chi connectivity index (χ3v) is 6.21. The number of hydrogen-bond donors (Lipinski definition) is 1. The lowest BCUT2D eigenvalue weighted by atomic mass is 10.2. The summed E-state index contributed by atoms with van der Waals surface area (Å²) in [7, 11) is 0. The van der Waals surface area contributed by atoms with Gasteiger partial charge in [-0.05, 0) is 31.2 Å². The topological polar surface area (TPSA) is 63.1 Å². The third kappa shape index (κ3) is 3.70. The molecule has 6 nitrogen and oxygen atoms in total. The van der Waals surface area contributed by atoms with Crippen molar-refractivity contribution >= 4 is 34.0 Å². The standard InChI is InChI=1S/C20H22ClN5OS/c1-3-17-15(11-22-26(17)14-7-5-6-13(21)10-14)19(27)24-20-23-16-8-9-25(4-2)12-18(16)28-20/h5-7,10-11H,3-4,8-9,12H2,1-2H3,(H,23,24,27). The Labute approximate surface area is 173 Å². The van der Waals surface area contributed by atoms with E-state index in [0.29, 0.717) is 22.1 Å². The highest BCUT2D eigenvalue weighted by atomic mass is 35.5. The van der Waals surface area contributed by atoms with Gasteiger partial charge in [-0.25, -0.2) is 9.67 Å². The lowest BCUT2D eigenvalue weighted by molar-refractivity contribution is 0.102. The first-order valence-electron chi connectivity index (χ1n) is 9.44. The average Bonchev–Trinajstić information content (AvgIpc) is 3.30. The quantitative estimate of drug-likeness (QED) is 0.679. The van der Waals surface area contributed by atoms with Crippen LogP contribution in [0.25, 0.3) is 5.69 Å². The molecule has 1 aromatic carbocycles. The minimum atomic E-state index is -0.177. The number of aromatic nitrogens is 3. The second kappa shape index (κ2) is 8.03. The largest absolute Gasteiger partial charge is 0.298 e. The lowest BCUT2D eigenvalue weighted by Gasteiger charge is -2.23. The fourth-order valence-corrected chi connectivity index (χ4v) is 4.70. The second-order valence-corrected chi connectivity index (χ2v) is 8.23. The normalized spacial score (nSPS) is 14.1. The van der Waals surface area contributed by atoms with E-state index in [9.17, 15) is 4.79 Å². The Balaban J connectivity index is 1.57. The van der Waals surface area contributed by atoms with E-state index in [1.807, 2.05) is 31.2 Å². The van der Waals surface area contributed by atoms with Crippen LogP contribution >= 0.6 is 22.9 Å². The Hall–Kier alpha value is -2.22. The first-order valence-corrected chi connectivity index (χ1v) is 10.6. The maximum absolute atomic E-state index is 12.9. The lowest BCUT2D eigenvalue weighted by Crippen LogP contribution is -2.29. The summed E-state index contributed by atoms with van der Waals surface area (Å²) >= 11 is 7.67. The highest BCUT2D eigenvalue weighted by Gasteiger charge is 2.22. The molecule has 1 amide bonds. The van der Waals surface area contributed by atoms with Gasteiger partial charge < -0.3 is 0 Å². The SMILES string of the molecule is CCc1c(C(=O)Nc2nc3c(s2)CN(CC)CC3)cnn1-c1cccc(Cl)c1. The van der Waals surface area contributed by atoms with Crippen LogP contribution in [0.5, 0.6) is 0 Å². The Bertz CT molecular complexity index is 1010. The molecule has 0 aliphatic carbocycles. The van der Waals surface area contributed by atoms with Crippen molar-refractivity contribution < 1.29 is 4.79 Å². The van der Waals surface area contributed by atoms with Gasteiger partial charge in [-0.3, -0.25) is 15.0 Å². The fraction of sp³-hybridized carbons (Fsp3) is 0.350. The Morgan fingerprint density at radius 1 is 1.36 bits per heavy atom. The van der Waals surface area contributed by atoms with Gasteiger partial charge in [0.25, 0.3) is 5.91 Å². The van der Waals surface area contributed by atoms with Crippen molar-refractivity contribution in [2.45, 2.75) is 33.2 Å². The van der Waals surface area contributed by atoms with Gasteiger partial charge >= 0.3 is 0 Å². The summed E-state index contributed by atoms with van der Waals surface area (Å²) in [5.74, 6) is -0.177. The minimum absolute atomic E-state index is 0.177. The Morgan fingerprint density at radius 2 is 2.21 bits per heavy atom. The van der Waals surface area contributed by atoms with Crippen molar-refractivity contribution in [3.05, 3.63) is 57.3 Å². The van der Waals surface area contributed by atoms with Gasteiger partial charge in [0.1, 0.15) is 0 Å². The van der Waals surface area contributed by atoms with Crippen molar-refractivity contribution in [3.63, 3.8) is 0 Å². The number of amides is 1. The fourth-order valence-electron chi connectivity index (χ4n) is 3.47. The van der Waals surface area contributed by atoms with E-state index in [0.717, 1.165) is 43.1 Å². The number of nitrogens with one attached hydrogen (secondary N) is 1. The summed E-state index contributed by atoms with van der Waals surface area (Å²) in [6.45, 7) is 7.13. The molecule has 0 radical (unpaired) electrons. The van der Waals surface area contributed by atoms with Gasteiger partial charge in [-0.2, -0.15) is 5.10 Å². The maximum atomic E-state index is 12.9. The first-order chi connectivity index (χ1) is 13.6. The molecule has 146 valence electrons. The molecule has 0 unspecified atom stereocenters. The number of fused-ring (bicyclic) bond motifs is 1. The average molecular weight is 416 g/mol. The zero-order valence-electron chi connectivity index (χ0n) is 15.9. The molecule has 1 aliphatic heterocycles. The molecule has 0 bridgehead atoms. The van der Waals surface area contributed by atoms with Crippen LogP contribution in [0.4, 0.5) is 5.13 Å². The molecular weight excluding hydrogens is 394 g/mol. The highest BCUT2D eigenvalue weighted by molar-refractivity contribution is 7.15. The number of halogens is 1. The molecule has 0 fully saturated rings. The number of benzene rings is 1. The zero-order valence-corrected chi connectivity index (χ0v) is 17.5. The van der Waals surface area contributed by atoms with Crippen molar-refractivity contribution in [2.75, 3.05) is 18.4 Å². The van der Waals surface area contributed by atoms with Crippen LogP contribution < -0.4 is 5.32 Å². The number of carbonyl (C=O) groups is 1. The van der Waals surface area contributed by atoms with E-state index < -0.39 is 0 Å². The van der Waals surface area contributed by atoms with E-state index in [1.165, 1.54) is 4.88 Å². The summed E-state index contributed by atoms with van der Waals surface area (Å²) in [5.41, 5.74) is 3.35. The number of nitrogens with zero attached hydrogens (tertiary/aromatic N) is 4. The molecule has 0 spiro atoms. The summed E-state index contributed by atoms with van der Waals surface area (Å²) in [6.07, 6.45) is 3.22. The number of thiazole rings is 1. The summed E-state index contributed by atoms with van der Waals surface area (Å²) in [6, 6.07) is 7.45. The molecule has 1 aliphatic rings. The summed E-state index contributed by atoms with van der Waals surface area (Å²) in [4.78, 5) is 21.2. The summed E-state index contributed by atoms with van der Waals surface area (Å²) in [5, 5.41) is 8.68. The van der Waals surface area contributed by atoms with Crippen molar-refractivity contribution in [2.24, 2.45) is 0 Å². The number of rotatable bonds is 5. The van der Waals surface area contributed by atoms with Crippen LogP contribution in [-0.4, -0.2) is 38.7 Å². The molecule has 0 saturated carbocycles. The van der Waals surface area contributed by atoms with Crippen molar-refractivity contribution in [1.82, 2.24) is 19.7 Å². The van der Waals surface area contributed by atoms with E-state index >= 15 is 0 Å². The van der Waals surface area contributed by atoms with Gasteiger partial charge in [0.05, 0.1) is 28.8 Å². The van der Waals surface area contributed by atoms with E-state index in [4.69, 9.17) is 11.6 Å². The smallest absolute Gasteiger partial charge is 0.260 e. The molecule has 28 heavy (non-hydrogen) atoms. The van der Waals surface area contributed by atoms with E-state index in [1.54, 1.807) is 22.2 Å². The molecule has 0 atom stereocenters. The number of hydrogen-bond acceptors (Lipinski definition) is 5. The molecule has 1 N–H and O–H groups in total. The van der Waals surface area contributed by atoms with Crippen LogP contribution in [0.3, 0.4) is 0 Å². The van der Waals surface area contributed by atoms with Gasteiger partial charge in [0.15, 0.2) is 5.13 Å². The van der Waals surface area contributed by atoms with Gasteiger partial charge in [0.2, 0.25) is 0 Å². The molecule has 3 aromatic rings. The minimum Gasteiger partial charge on any atom is -0.298 e. The third-order valence-electron chi connectivity index (χ3n) is 4.98. The van der Waals surface area contributed by atoms with Gasteiger partial charge in [0, 0.05) is 29.4 Å². The Morgan fingerprint density at radius 3 is 2.96 bits per heavy atom. The molecule has 2 aromatic heterocycles. The van der Waals surface area contributed by atoms with Crippen LogP contribution in [0.2, 0.25) is 5.02 Å². The van der Waals surface area contributed by atoms with Crippen LogP contribution in [0.15, 0.2) is 30.5 Å². The molecule has 0 saturated heterocycles. The predicted molar refractivity (Wildman–Crippen MR) is 113 cm³/mol. The first kappa shape index (κ1) is 19.1. The molecular formula is C20H22ClN5OS. The second-order valence-electron chi connectivity index (χ2n) is 6.71. The maximum Gasteiger partial charge on any atom is 0.260 e. The number of anilines is 1. The molecule has 4 rings (SSSR count). The zero-order chi connectivity index (χ0) is 19.7. The monoisotopic (exact) mass is 415 g/mol. The summed E-state index contributed by atoms with van der Waals surface area (Å²) < 4.78 is 1.77. The van der Waals surface area contributed by atoms with Gasteiger partial charge in [-0.1, -0.05) is 31.5 Å². The van der Waals surface area contributed by atoms with Crippen LogP contribution in [0, 0.1) is 0 Å². The van der Waals surface area contributed by atoms with Crippen molar-refractivity contribution in [3.8, 4) is 5.69 Å². The molecule has 8 heteroatoms. The highest BCUT2D eigenvalue weighted by Crippen LogP contribution is 2.29. The van der Waals surface area contributed by atoms with Crippen LogP contribution in [-0.2, 0) is 19.4 Å². The van der Waals surface area contributed by atoms with Crippen LogP contribution in [0.1, 0.15) is 40.5 Å². The van der Waals surface area contributed by atoms with Gasteiger partial charge in [-0.15, -0.1) is 11.3 Å². The van der Waals surface area contributed by atoms with E-state index in [2.05, 4.69) is 27.2 Å². The number of likely N-dealkylation sites (N-methyl/N-ethyl adjacent to an activating group) is 1. The van der Waals surface area contributed by atoms with Crippen molar-refractivity contribution in [1.29, 1.82) is 0 Å². The number of carbonyl (C=O) groups excluding carboxylic acids is 1. The predicted octanol–water partition coefficient (Wildman–Crippen LogP) is 4.17. The molecule has 3 heterocycles.